The van der Waals surface area contributed by atoms with Gasteiger partial charge < -0.3 is 10.6 Å². The van der Waals surface area contributed by atoms with Crippen molar-refractivity contribution < 1.29 is 4.79 Å². The van der Waals surface area contributed by atoms with E-state index in [1.165, 1.54) is 11.3 Å². The number of thiazole rings is 1. The van der Waals surface area contributed by atoms with Crippen molar-refractivity contribution in [2.24, 2.45) is 0 Å². The zero-order valence-corrected chi connectivity index (χ0v) is 11.8. The van der Waals surface area contributed by atoms with E-state index in [4.69, 9.17) is 5.73 Å². The van der Waals surface area contributed by atoms with E-state index in [-0.39, 0.29) is 5.91 Å². The van der Waals surface area contributed by atoms with Crippen molar-refractivity contribution >= 4 is 22.4 Å². The Morgan fingerprint density at radius 2 is 2.20 bits per heavy atom. The van der Waals surface area contributed by atoms with Gasteiger partial charge >= 0.3 is 0 Å². The Morgan fingerprint density at radius 1 is 1.40 bits per heavy atom. The summed E-state index contributed by atoms with van der Waals surface area (Å²) < 4.78 is 0. The van der Waals surface area contributed by atoms with Gasteiger partial charge in [-0.2, -0.15) is 0 Å². The zero-order chi connectivity index (χ0) is 13.9. The number of aromatic nitrogens is 2. The highest BCUT2D eigenvalue weighted by atomic mass is 32.1. The van der Waals surface area contributed by atoms with E-state index in [0.29, 0.717) is 23.2 Å². The molecule has 0 unspecified atom stereocenters. The maximum atomic E-state index is 12.4. The molecular weight excluding hydrogens is 272 g/mol. The van der Waals surface area contributed by atoms with Gasteiger partial charge in [0.2, 0.25) is 0 Å². The van der Waals surface area contributed by atoms with Crippen LogP contribution in [0.2, 0.25) is 0 Å². The number of nitrogen functional groups attached to an aromatic ring is 1. The Hall–Kier alpha value is -1.95. The molecule has 0 saturated carbocycles. The standard InChI is InChI=1S/C14H16N4OS/c15-14-17-12(9-20-14)11-2-1-7-18(8-11)13(19)10-3-5-16-6-4-10/h3-6,9,11H,1-2,7-8H2,(H2,15,17)/t11-/m0/s1. The van der Waals surface area contributed by atoms with E-state index >= 15 is 0 Å². The average Bonchev–Trinajstić information content (AvgIpc) is 2.94. The molecule has 5 nitrogen and oxygen atoms in total. The Balaban J connectivity index is 1.74. The van der Waals surface area contributed by atoms with Gasteiger partial charge in [-0.05, 0) is 25.0 Å². The summed E-state index contributed by atoms with van der Waals surface area (Å²) in [6.07, 6.45) is 5.35. The lowest BCUT2D eigenvalue weighted by Gasteiger charge is -2.32. The molecule has 0 aliphatic carbocycles. The lowest BCUT2D eigenvalue weighted by Crippen LogP contribution is -2.39. The van der Waals surface area contributed by atoms with Gasteiger partial charge in [0.15, 0.2) is 5.13 Å². The number of piperidine rings is 1. The lowest BCUT2D eigenvalue weighted by atomic mass is 9.95. The molecule has 1 aliphatic heterocycles. The number of likely N-dealkylation sites (tertiary alicyclic amines) is 1. The minimum atomic E-state index is 0.0697. The maximum Gasteiger partial charge on any atom is 0.253 e. The van der Waals surface area contributed by atoms with Crippen molar-refractivity contribution in [3.05, 3.63) is 41.2 Å². The summed E-state index contributed by atoms with van der Waals surface area (Å²) in [6.45, 7) is 1.52. The Morgan fingerprint density at radius 3 is 2.90 bits per heavy atom. The molecule has 104 valence electrons. The van der Waals surface area contributed by atoms with Crippen LogP contribution in [0.15, 0.2) is 29.9 Å². The number of rotatable bonds is 2. The van der Waals surface area contributed by atoms with Crippen molar-refractivity contribution in [1.82, 2.24) is 14.9 Å². The quantitative estimate of drug-likeness (QED) is 0.919. The van der Waals surface area contributed by atoms with Crippen LogP contribution in [-0.2, 0) is 0 Å². The molecule has 1 amide bonds. The molecule has 1 atom stereocenters. The third-order valence-corrected chi connectivity index (χ3v) is 4.29. The second-order valence-corrected chi connectivity index (χ2v) is 5.83. The van der Waals surface area contributed by atoms with Gasteiger partial charge in [0.05, 0.1) is 5.69 Å². The van der Waals surface area contributed by atoms with E-state index in [9.17, 15) is 4.79 Å². The lowest BCUT2D eigenvalue weighted by molar-refractivity contribution is 0.0706. The molecule has 3 heterocycles. The second kappa shape index (κ2) is 5.58. The minimum Gasteiger partial charge on any atom is -0.375 e. The van der Waals surface area contributed by atoms with Crippen LogP contribution in [0, 0.1) is 0 Å². The molecule has 6 heteroatoms. The van der Waals surface area contributed by atoms with Gasteiger partial charge in [-0.1, -0.05) is 0 Å². The van der Waals surface area contributed by atoms with Crippen LogP contribution in [0.3, 0.4) is 0 Å². The van der Waals surface area contributed by atoms with E-state index in [1.807, 2.05) is 10.3 Å². The Bertz CT molecular complexity index is 598. The summed E-state index contributed by atoms with van der Waals surface area (Å²) in [6, 6.07) is 3.51. The van der Waals surface area contributed by atoms with Gasteiger partial charge in [0.25, 0.3) is 5.91 Å². The molecule has 1 saturated heterocycles. The third-order valence-electron chi connectivity index (χ3n) is 3.59. The first-order valence-corrected chi connectivity index (χ1v) is 7.52. The summed E-state index contributed by atoms with van der Waals surface area (Å²) in [5.74, 6) is 0.364. The zero-order valence-electron chi connectivity index (χ0n) is 11.0. The molecule has 0 aromatic carbocycles. The first-order valence-electron chi connectivity index (χ1n) is 6.64. The summed E-state index contributed by atoms with van der Waals surface area (Å²) in [4.78, 5) is 22.6. The van der Waals surface area contributed by atoms with Crippen molar-refractivity contribution in [3.63, 3.8) is 0 Å². The van der Waals surface area contributed by atoms with Gasteiger partial charge in [0.1, 0.15) is 0 Å². The number of pyridine rings is 1. The van der Waals surface area contributed by atoms with Crippen LogP contribution in [0.1, 0.15) is 34.8 Å². The van der Waals surface area contributed by atoms with Crippen LogP contribution < -0.4 is 5.73 Å². The van der Waals surface area contributed by atoms with E-state index < -0.39 is 0 Å². The molecule has 0 radical (unpaired) electrons. The SMILES string of the molecule is Nc1nc([C@H]2CCCN(C(=O)c3ccncc3)C2)cs1. The van der Waals surface area contributed by atoms with Gasteiger partial charge in [0, 0.05) is 42.3 Å². The van der Waals surface area contributed by atoms with Crippen LogP contribution >= 0.6 is 11.3 Å². The number of hydrogen-bond acceptors (Lipinski definition) is 5. The molecule has 2 N–H and O–H groups in total. The second-order valence-electron chi connectivity index (χ2n) is 4.94. The van der Waals surface area contributed by atoms with E-state index in [1.54, 1.807) is 24.5 Å². The maximum absolute atomic E-state index is 12.4. The predicted octanol–water partition coefficient (Wildman–Crippen LogP) is 2.14. The topological polar surface area (TPSA) is 72.1 Å². The first kappa shape index (κ1) is 13.1. The summed E-state index contributed by atoms with van der Waals surface area (Å²) >= 11 is 1.46. The highest BCUT2D eigenvalue weighted by Crippen LogP contribution is 2.29. The van der Waals surface area contributed by atoms with Gasteiger partial charge in [-0.3, -0.25) is 9.78 Å². The molecule has 3 rings (SSSR count). The number of nitrogens with zero attached hydrogens (tertiary/aromatic N) is 3. The Kier molecular flexibility index (Phi) is 3.64. The van der Waals surface area contributed by atoms with Crippen LogP contribution in [0.4, 0.5) is 5.13 Å². The van der Waals surface area contributed by atoms with Crippen LogP contribution in [0.25, 0.3) is 0 Å². The molecule has 0 bridgehead atoms. The van der Waals surface area contributed by atoms with Crippen LogP contribution in [0.5, 0.6) is 0 Å². The van der Waals surface area contributed by atoms with E-state index in [0.717, 1.165) is 25.1 Å². The fraction of sp³-hybridized carbons (Fsp3) is 0.357. The normalized spacial score (nSPS) is 19.0. The number of carbonyl (C=O) groups excluding carboxylic acids is 1. The molecule has 0 spiro atoms. The molecule has 2 aromatic heterocycles. The monoisotopic (exact) mass is 288 g/mol. The van der Waals surface area contributed by atoms with Crippen LogP contribution in [-0.4, -0.2) is 33.9 Å². The molecule has 20 heavy (non-hydrogen) atoms. The first-order chi connectivity index (χ1) is 9.74. The average molecular weight is 288 g/mol. The fourth-order valence-electron chi connectivity index (χ4n) is 2.57. The molecule has 1 aliphatic rings. The van der Waals surface area contributed by atoms with Crippen molar-refractivity contribution in [2.45, 2.75) is 18.8 Å². The molecule has 1 fully saturated rings. The highest BCUT2D eigenvalue weighted by molar-refractivity contribution is 7.13. The fourth-order valence-corrected chi connectivity index (χ4v) is 3.21. The van der Waals surface area contributed by atoms with Crippen molar-refractivity contribution in [1.29, 1.82) is 0 Å². The molecular formula is C14H16N4OS. The smallest absolute Gasteiger partial charge is 0.253 e. The summed E-state index contributed by atoms with van der Waals surface area (Å²) in [5.41, 5.74) is 7.40. The number of amides is 1. The third kappa shape index (κ3) is 2.65. The van der Waals surface area contributed by atoms with Gasteiger partial charge in [-0.25, -0.2) is 4.98 Å². The number of nitrogens with two attached hydrogens (primary N) is 1. The summed E-state index contributed by atoms with van der Waals surface area (Å²) in [5, 5.41) is 2.60. The van der Waals surface area contributed by atoms with Crippen molar-refractivity contribution in [3.8, 4) is 0 Å². The molecule has 2 aromatic rings. The highest BCUT2D eigenvalue weighted by Gasteiger charge is 2.26. The van der Waals surface area contributed by atoms with E-state index in [2.05, 4.69) is 9.97 Å². The number of hydrogen-bond donors (Lipinski definition) is 1. The predicted molar refractivity (Wildman–Crippen MR) is 78.6 cm³/mol. The number of anilines is 1. The van der Waals surface area contributed by atoms with Crippen molar-refractivity contribution in [2.75, 3.05) is 18.8 Å². The summed E-state index contributed by atoms with van der Waals surface area (Å²) in [7, 11) is 0. The minimum absolute atomic E-state index is 0.0697. The Labute approximate surface area is 121 Å². The largest absolute Gasteiger partial charge is 0.375 e. The number of carbonyl (C=O) groups is 1. The van der Waals surface area contributed by atoms with Gasteiger partial charge in [-0.15, -0.1) is 11.3 Å².